The standard InChI is InChI=1S/C27H23ClN4O3S2/c28-17-7-9-18(10-8-17)29-24(33)16-36-27-31-22-12-11-19(15-23(22)37-27)30-25(34)20-5-1-2-6-21(20)26(35)32-13-3-4-14-32/h1-2,5-12,15H,3-4,13-14,16H2,(H,29,33)(H,30,34). The van der Waals surface area contributed by atoms with Crippen molar-refractivity contribution in [1.29, 1.82) is 0 Å². The van der Waals surface area contributed by atoms with Crippen LogP contribution in [0.1, 0.15) is 33.6 Å². The first kappa shape index (κ1) is 25.3. The number of thiazole rings is 1. The molecule has 1 aromatic heterocycles. The van der Waals surface area contributed by atoms with Crippen molar-refractivity contribution < 1.29 is 14.4 Å². The lowest BCUT2D eigenvalue weighted by Gasteiger charge is -2.17. The fraction of sp³-hybridized carbons (Fsp3) is 0.185. The Labute approximate surface area is 227 Å². The number of amides is 3. The maximum Gasteiger partial charge on any atom is 0.256 e. The first-order valence-corrected chi connectivity index (χ1v) is 13.9. The second-order valence-electron chi connectivity index (χ2n) is 8.51. The average molecular weight is 551 g/mol. The monoisotopic (exact) mass is 550 g/mol. The summed E-state index contributed by atoms with van der Waals surface area (Å²) in [5.41, 5.74) is 2.85. The molecule has 1 aliphatic rings. The Hall–Kier alpha value is -3.40. The van der Waals surface area contributed by atoms with Crippen LogP contribution in [0, 0.1) is 0 Å². The van der Waals surface area contributed by atoms with Gasteiger partial charge in [-0.2, -0.15) is 0 Å². The van der Waals surface area contributed by atoms with Crippen molar-refractivity contribution >= 4 is 74.0 Å². The lowest BCUT2D eigenvalue weighted by atomic mass is 10.1. The summed E-state index contributed by atoms with van der Waals surface area (Å²) in [5.74, 6) is -0.362. The second-order valence-corrected chi connectivity index (χ2v) is 11.2. The third-order valence-corrected chi connectivity index (χ3v) is 8.29. The Bertz CT molecular complexity index is 1470. The molecule has 1 fully saturated rings. The van der Waals surface area contributed by atoms with Gasteiger partial charge in [0.05, 0.1) is 27.1 Å². The van der Waals surface area contributed by atoms with E-state index < -0.39 is 0 Å². The van der Waals surface area contributed by atoms with Gasteiger partial charge >= 0.3 is 0 Å². The molecule has 0 spiro atoms. The number of nitrogens with zero attached hydrogens (tertiary/aromatic N) is 2. The number of rotatable bonds is 7. The van der Waals surface area contributed by atoms with Gasteiger partial charge in [-0.1, -0.05) is 35.5 Å². The van der Waals surface area contributed by atoms with E-state index in [9.17, 15) is 14.4 Å². The van der Waals surface area contributed by atoms with Crippen LogP contribution in [0.2, 0.25) is 5.02 Å². The number of carbonyl (C=O) groups is 3. The molecule has 10 heteroatoms. The molecular weight excluding hydrogens is 528 g/mol. The van der Waals surface area contributed by atoms with E-state index in [1.807, 2.05) is 12.1 Å². The average Bonchev–Trinajstić information content (AvgIpc) is 3.58. The molecule has 0 aliphatic carbocycles. The summed E-state index contributed by atoms with van der Waals surface area (Å²) < 4.78 is 1.64. The molecule has 5 rings (SSSR count). The summed E-state index contributed by atoms with van der Waals surface area (Å²) in [6, 6.07) is 19.3. The van der Waals surface area contributed by atoms with Gasteiger partial charge in [0.25, 0.3) is 11.8 Å². The third-order valence-electron chi connectivity index (χ3n) is 5.88. The maximum absolute atomic E-state index is 13.1. The fourth-order valence-electron chi connectivity index (χ4n) is 4.06. The molecule has 0 unspecified atom stereocenters. The SMILES string of the molecule is O=C(CSc1nc2ccc(NC(=O)c3ccccc3C(=O)N3CCCC3)cc2s1)Nc1ccc(Cl)cc1. The van der Waals surface area contributed by atoms with Crippen LogP contribution in [0.3, 0.4) is 0 Å². The van der Waals surface area contributed by atoms with Crippen molar-refractivity contribution in [1.82, 2.24) is 9.88 Å². The van der Waals surface area contributed by atoms with E-state index in [0.717, 1.165) is 40.5 Å². The molecule has 0 atom stereocenters. The van der Waals surface area contributed by atoms with Crippen LogP contribution in [0.15, 0.2) is 71.1 Å². The zero-order valence-electron chi connectivity index (χ0n) is 19.7. The Balaban J connectivity index is 1.24. The first-order valence-electron chi connectivity index (χ1n) is 11.7. The van der Waals surface area contributed by atoms with Gasteiger partial charge in [0.1, 0.15) is 0 Å². The number of likely N-dealkylation sites (tertiary alicyclic amines) is 1. The number of carbonyl (C=O) groups excluding carboxylic acids is 3. The van der Waals surface area contributed by atoms with E-state index >= 15 is 0 Å². The molecule has 4 aromatic rings. The summed E-state index contributed by atoms with van der Waals surface area (Å²) in [6.07, 6.45) is 1.98. The molecule has 188 valence electrons. The van der Waals surface area contributed by atoms with E-state index in [0.29, 0.717) is 27.5 Å². The number of halogens is 1. The van der Waals surface area contributed by atoms with Crippen LogP contribution in [0.5, 0.6) is 0 Å². The van der Waals surface area contributed by atoms with E-state index in [4.69, 9.17) is 11.6 Å². The zero-order chi connectivity index (χ0) is 25.8. The zero-order valence-corrected chi connectivity index (χ0v) is 22.1. The topological polar surface area (TPSA) is 91.4 Å². The Kier molecular flexibility index (Phi) is 7.73. The molecule has 2 N–H and O–H groups in total. The van der Waals surface area contributed by atoms with Crippen molar-refractivity contribution in [2.45, 2.75) is 17.2 Å². The number of fused-ring (bicyclic) bond motifs is 1. The van der Waals surface area contributed by atoms with E-state index in [1.54, 1.807) is 59.5 Å². The Morgan fingerprint density at radius 3 is 2.38 bits per heavy atom. The van der Waals surface area contributed by atoms with Crippen molar-refractivity contribution in [2.24, 2.45) is 0 Å². The molecule has 3 aromatic carbocycles. The van der Waals surface area contributed by atoms with E-state index in [2.05, 4.69) is 15.6 Å². The van der Waals surface area contributed by atoms with Gasteiger partial charge in [-0.15, -0.1) is 11.3 Å². The number of nitrogens with one attached hydrogen (secondary N) is 2. The first-order chi connectivity index (χ1) is 18.0. The minimum Gasteiger partial charge on any atom is -0.339 e. The minimum absolute atomic E-state index is 0.108. The van der Waals surface area contributed by atoms with Gasteiger partial charge in [-0.25, -0.2) is 4.98 Å². The molecule has 3 amide bonds. The van der Waals surface area contributed by atoms with Gasteiger partial charge in [0.15, 0.2) is 4.34 Å². The Morgan fingerprint density at radius 2 is 1.62 bits per heavy atom. The highest BCUT2D eigenvalue weighted by Crippen LogP contribution is 2.31. The number of hydrogen-bond donors (Lipinski definition) is 2. The summed E-state index contributed by atoms with van der Waals surface area (Å²) in [4.78, 5) is 44.7. The van der Waals surface area contributed by atoms with Crippen LogP contribution < -0.4 is 10.6 Å². The fourth-order valence-corrected chi connectivity index (χ4v) is 6.09. The molecule has 1 aliphatic heterocycles. The lowest BCUT2D eigenvalue weighted by molar-refractivity contribution is -0.113. The van der Waals surface area contributed by atoms with Gasteiger partial charge < -0.3 is 15.5 Å². The smallest absolute Gasteiger partial charge is 0.256 e. The molecule has 37 heavy (non-hydrogen) atoms. The summed E-state index contributed by atoms with van der Waals surface area (Å²) >= 11 is 8.68. The molecule has 1 saturated heterocycles. The van der Waals surface area contributed by atoms with Crippen LogP contribution in [0.25, 0.3) is 10.2 Å². The largest absolute Gasteiger partial charge is 0.339 e. The van der Waals surface area contributed by atoms with Crippen LogP contribution in [-0.2, 0) is 4.79 Å². The van der Waals surface area contributed by atoms with E-state index in [1.165, 1.54) is 23.1 Å². The van der Waals surface area contributed by atoms with Gasteiger partial charge in [0.2, 0.25) is 5.91 Å². The van der Waals surface area contributed by atoms with Crippen LogP contribution in [-0.4, -0.2) is 46.4 Å². The number of thioether (sulfide) groups is 1. The number of aromatic nitrogens is 1. The molecule has 0 radical (unpaired) electrons. The van der Waals surface area contributed by atoms with E-state index in [-0.39, 0.29) is 23.5 Å². The highest BCUT2D eigenvalue weighted by Gasteiger charge is 2.24. The van der Waals surface area contributed by atoms with Gasteiger partial charge in [-0.05, 0) is 67.4 Å². The summed E-state index contributed by atoms with van der Waals surface area (Å²) in [5, 5.41) is 6.36. The predicted molar refractivity (Wildman–Crippen MR) is 150 cm³/mol. The normalized spacial score (nSPS) is 13.1. The van der Waals surface area contributed by atoms with Crippen molar-refractivity contribution in [2.75, 3.05) is 29.5 Å². The van der Waals surface area contributed by atoms with Crippen molar-refractivity contribution in [3.05, 3.63) is 82.9 Å². The highest BCUT2D eigenvalue weighted by atomic mass is 35.5. The molecular formula is C27H23ClN4O3S2. The number of benzene rings is 3. The second kappa shape index (κ2) is 11.3. The van der Waals surface area contributed by atoms with Crippen LogP contribution in [0.4, 0.5) is 11.4 Å². The van der Waals surface area contributed by atoms with Gasteiger partial charge in [0, 0.05) is 29.5 Å². The Morgan fingerprint density at radius 1 is 0.919 bits per heavy atom. The van der Waals surface area contributed by atoms with Crippen LogP contribution >= 0.6 is 34.7 Å². The predicted octanol–water partition coefficient (Wildman–Crippen LogP) is 6.17. The van der Waals surface area contributed by atoms with Crippen molar-refractivity contribution in [3.8, 4) is 0 Å². The summed E-state index contributed by atoms with van der Waals surface area (Å²) in [7, 11) is 0. The van der Waals surface area contributed by atoms with Crippen molar-refractivity contribution in [3.63, 3.8) is 0 Å². The molecule has 2 heterocycles. The highest BCUT2D eigenvalue weighted by molar-refractivity contribution is 8.01. The summed E-state index contributed by atoms with van der Waals surface area (Å²) in [6.45, 7) is 1.44. The lowest BCUT2D eigenvalue weighted by Crippen LogP contribution is -2.29. The molecule has 0 saturated carbocycles. The molecule has 0 bridgehead atoms. The number of anilines is 2. The maximum atomic E-state index is 13.1. The number of hydrogen-bond acceptors (Lipinski definition) is 6. The molecule has 7 nitrogen and oxygen atoms in total. The minimum atomic E-state index is -0.333. The quantitative estimate of drug-likeness (QED) is 0.269. The third kappa shape index (κ3) is 6.12. The van der Waals surface area contributed by atoms with Gasteiger partial charge in [-0.3, -0.25) is 14.4 Å².